The molecule has 0 aliphatic carbocycles. The molecule has 0 radical (unpaired) electrons. The highest BCUT2D eigenvalue weighted by Crippen LogP contribution is 2.25. The summed E-state index contributed by atoms with van der Waals surface area (Å²) in [5.74, 6) is 0. The SMILES string of the molecule is Cc1cc(C#N)c(C(=O)Cl)c([N+](=O)[O-])c1. The summed E-state index contributed by atoms with van der Waals surface area (Å²) in [5, 5.41) is 18.3. The predicted molar refractivity (Wildman–Crippen MR) is 52.7 cm³/mol. The molecule has 0 amide bonds. The van der Waals surface area contributed by atoms with Crippen molar-refractivity contribution in [3.8, 4) is 6.07 Å². The van der Waals surface area contributed by atoms with Crippen molar-refractivity contribution in [2.24, 2.45) is 0 Å². The number of hydrogen-bond acceptors (Lipinski definition) is 4. The minimum atomic E-state index is -1.00. The number of carbonyl (C=O) groups excluding carboxylic acids is 1. The molecular weight excluding hydrogens is 220 g/mol. The smallest absolute Gasteiger partial charge is 0.275 e. The van der Waals surface area contributed by atoms with Crippen LogP contribution < -0.4 is 0 Å². The molecule has 0 unspecified atom stereocenters. The van der Waals surface area contributed by atoms with Gasteiger partial charge in [0.05, 0.1) is 10.5 Å². The Kier molecular flexibility index (Phi) is 3.02. The molecule has 15 heavy (non-hydrogen) atoms. The molecule has 76 valence electrons. The van der Waals surface area contributed by atoms with Crippen LogP contribution in [0.5, 0.6) is 0 Å². The first-order valence-corrected chi connectivity index (χ1v) is 4.24. The van der Waals surface area contributed by atoms with Crippen molar-refractivity contribution < 1.29 is 9.72 Å². The molecule has 1 aromatic rings. The van der Waals surface area contributed by atoms with E-state index in [1.807, 2.05) is 0 Å². The maximum atomic E-state index is 11.0. The van der Waals surface area contributed by atoms with Crippen molar-refractivity contribution in [3.05, 3.63) is 38.9 Å². The molecule has 0 bridgehead atoms. The van der Waals surface area contributed by atoms with Gasteiger partial charge in [-0.2, -0.15) is 5.26 Å². The molecule has 0 saturated heterocycles. The minimum absolute atomic E-state index is 0.0818. The Bertz CT molecular complexity index is 491. The largest absolute Gasteiger partial charge is 0.283 e. The Hall–Kier alpha value is -1.93. The highest BCUT2D eigenvalue weighted by Gasteiger charge is 2.23. The van der Waals surface area contributed by atoms with E-state index in [0.29, 0.717) is 5.56 Å². The Morgan fingerprint density at radius 2 is 2.20 bits per heavy atom. The van der Waals surface area contributed by atoms with E-state index in [0.717, 1.165) is 0 Å². The number of nitriles is 1. The third-order valence-electron chi connectivity index (χ3n) is 1.78. The zero-order valence-electron chi connectivity index (χ0n) is 7.65. The Balaban J connectivity index is 3.64. The van der Waals surface area contributed by atoms with Crippen LogP contribution in [0.4, 0.5) is 5.69 Å². The fourth-order valence-corrected chi connectivity index (χ4v) is 1.40. The van der Waals surface area contributed by atoms with Crippen molar-refractivity contribution in [2.45, 2.75) is 6.92 Å². The van der Waals surface area contributed by atoms with Crippen LogP contribution in [0.2, 0.25) is 0 Å². The Morgan fingerprint density at radius 3 is 2.60 bits per heavy atom. The zero-order valence-corrected chi connectivity index (χ0v) is 8.41. The van der Waals surface area contributed by atoms with E-state index in [-0.39, 0.29) is 11.1 Å². The normalized spacial score (nSPS) is 9.40. The first-order valence-electron chi connectivity index (χ1n) is 3.86. The fraction of sp³-hybridized carbons (Fsp3) is 0.111. The van der Waals surface area contributed by atoms with Gasteiger partial charge >= 0.3 is 0 Å². The third kappa shape index (κ3) is 2.11. The maximum absolute atomic E-state index is 11.0. The second-order valence-electron chi connectivity index (χ2n) is 2.85. The average Bonchev–Trinajstić information content (AvgIpc) is 2.15. The standard InChI is InChI=1S/C9H5ClN2O3/c1-5-2-6(4-11)8(9(10)13)7(3-5)12(14)15/h2-3H,1H3. The molecule has 1 rings (SSSR count). The van der Waals surface area contributed by atoms with Gasteiger partial charge in [0.25, 0.3) is 10.9 Å². The minimum Gasteiger partial charge on any atom is -0.275 e. The van der Waals surface area contributed by atoms with Crippen molar-refractivity contribution in [1.29, 1.82) is 5.26 Å². The van der Waals surface area contributed by atoms with Crippen LogP contribution in [0.25, 0.3) is 0 Å². The second-order valence-corrected chi connectivity index (χ2v) is 3.19. The predicted octanol–water partition coefficient (Wildman–Crippen LogP) is 2.15. The summed E-state index contributed by atoms with van der Waals surface area (Å²) in [6, 6.07) is 4.29. The summed E-state index contributed by atoms with van der Waals surface area (Å²) in [6.07, 6.45) is 0. The van der Waals surface area contributed by atoms with Crippen LogP contribution in [0.3, 0.4) is 0 Å². The second kappa shape index (κ2) is 4.07. The lowest BCUT2D eigenvalue weighted by Crippen LogP contribution is -2.02. The first-order chi connectivity index (χ1) is 6.97. The molecule has 0 saturated carbocycles. The van der Waals surface area contributed by atoms with Gasteiger partial charge in [-0.25, -0.2) is 0 Å². The lowest BCUT2D eigenvalue weighted by molar-refractivity contribution is -0.385. The van der Waals surface area contributed by atoms with Crippen LogP contribution in [0, 0.1) is 28.4 Å². The number of nitro groups is 1. The number of carbonyl (C=O) groups is 1. The summed E-state index contributed by atoms with van der Waals surface area (Å²) in [7, 11) is 0. The van der Waals surface area contributed by atoms with Gasteiger partial charge in [-0.15, -0.1) is 0 Å². The summed E-state index contributed by atoms with van der Waals surface area (Å²) in [4.78, 5) is 20.9. The van der Waals surface area contributed by atoms with Gasteiger partial charge in [0.15, 0.2) is 0 Å². The molecule has 0 aromatic heterocycles. The monoisotopic (exact) mass is 224 g/mol. The van der Waals surface area contributed by atoms with Crippen LogP contribution in [0.1, 0.15) is 21.5 Å². The Morgan fingerprint density at radius 1 is 1.60 bits per heavy atom. The summed E-state index contributed by atoms with van der Waals surface area (Å²) < 4.78 is 0. The van der Waals surface area contributed by atoms with Gasteiger partial charge in [0.2, 0.25) is 0 Å². The van der Waals surface area contributed by atoms with Crippen LogP contribution in [-0.2, 0) is 0 Å². The summed E-state index contributed by atoms with van der Waals surface area (Å²) in [6.45, 7) is 1.59. The van der Waals surface area contributed by atoms with E-state index >= 15 is 0 Å². The number of hydrogen-bond donors (Lipinski definition) is 0. The van der Waals surface area contributed by atoms with Gasteiger partial charge in [-0.05, 0) is 30.2 Å². The van der Waals surface area contributed by atoms with Crippen LogP contribution in [-0.4, -0.2) is 10.2 Å². The fourth-order valence-electron chi connectivity index (χ4n) is 1.21. The lowest BCUT2D eigenvalue weighted by atomic mass is 10.0. The number of aryl methyl sites for hydroxylation is 1. The molecule has 6 heteroatoms. The summed E-state index contributed by atoms with van der Waals surface area (Å²) >= 11 is 5.19. The molecular formula is C9H5ClN2O3. The average molecular weight is 225 g/mol. The first kappa shape index (κ1) is 11.1. The topological polar surface area (TPSA) is 84.0 Å². The zero-order chi connectivity index (χ0) is 11.6. The summed E-state index contributed by atoms with van der Waals surface area (Å²) in [5.41, 5.74) is -0.345. The highest BCUT2D eigenvalue weighted by atomic mass is 35.5. The van der Waals surface area contributed by atoms with Crippen molar-refractivity contribution in [2.75, 3.05) is 0 Å². The van der Waals surface area contributed by atoms with Crippen molar-refractivity contribution in [3.63, 3.8) is 0 Å². The van der Waals surface area contributed by atoms with Gasteiger partial charge in [-0.1, -0.05) is 0 Å². The molecule has 0 spiro atoms. The Labute approximate surface area is 90.0 Å². The van der Waals surface area contributed by atoms with E-state index < -0.39 is 15.9 Å². The third-order valence-corrected chi connectivity index (χ3v) is 1.96. The van der Waals surface area contributed by atoms with E-state index in [1.54, 1.807) is 13.0 Å². The van der Waals surface area contributed by atoms with E-state index in [4.69, 9.17) is 16.9 Å². The van der Waals surface area contributed by atoms with E-state index in [9.17, 15) is 14.9 Å². The van der Waals surface area contributed by atoms with Gasteiger partial charge in [0.1, 0.15) is 11.6 Å². The maximum Gasteiger partial charge on any atom is 0.283 e. The molecule has 5 nitrogen and oxygen atoms in total. The molecule has 0 atom stereocenters. The van der Waals surface area contributed by atoms with Gasteiger partial charge in [0, 0.05) is 6.07 Å². The number of benzene rings is 1. The molecule has 0 fully saturated rings. The van der Waals surface area contributed by atoms with E-state index in [2.05, 4.69) is 0 Å². The molecule has 1 aromatic carbocycles. The van der Waals surface area contributed by atoms with Gasteiger partial charge < -0.3 is 0 Å². The molecule has 0 N–H and O–H groups in total. The highest BCUT2D eigenvalue weighted by molar-refractivity contribution is 6.68. The van der Waals surface area contributed by atoms with Gasteiger partial charge in [-0.3, -0.25) is 14.9 Å². The number of nitrogens with zero attached hydrogens (tertiary/aromatic N) is 2. The van der Waals surface area contributed by atoms with Crippen molar-refractivity contribution >= 4 is 22.5 Å². The van der Waals surface area contributed by atoms with Crippen molar-refractivity contribution in [1.82, 2.24) is 0 Å². The molecule has 0 aliphatic rings. The number of rotatable bonds is 2. The quantitative estimate of drug-likeness (QED) is 0.438. The number of nitro benzene ring substituents is 1. The molecule has 0 heterocycles. The van der Waals surface area contributed by atoms with Crippen LogP contribution >= 0.6 is 11.6 Å². The number of halogens is 1. The van der Waals surface area contributed by atoms with Crippen LogP contribution in [0.15, 0.2) is 12.1 Å². The van der Waals surface area contributed by atoms with E-state index in [1.165, 1.54) is 12.1 Å². The lowest BCUT2D eigenvalue weighted by Gasteiger charge is -2.01. The molecule has 0 aliphatic heterocycles.